The van der Waals surface area contributed by atoms with E-state index in [2.05, 4.69) is 60.9 Å². The van der Waals surface area contributed by atoms with Crippen LogP contribution in [0.5, 0.6) is 0 Å². The van der Waals surface area contributed by atoms with Gasteiger partial charge in [-0.05, 0) is 59.7 Å². The highest BCUT2D eigenvalue weighted by molar-refractivity contribution is 6.30. The molecule has 4 rings (SSSR count). The number of nitrogens with one attached hydrogen (secondary N) is 2. The van der Waals surface area contributed by atoms with Crippen molar-refractivity contribution < 1.29 is 4.79 Å². The monoisotopic (exact) mass is 380 g/mol. The maximum Gasteiger partial charge on any atom is 0.224 e. The summed E-state index contributed by atoms with van der Waals surface area (Å²) in [6.07, 6.45) is 6.16. The van der Waals surface area contributed by atoms with Crippen LogP contribution in [0.1, 0.15) is 49.8 Å². The zero-order valence-electron chi connectivity index (χ0n) is 15.7. The summed E-state index contributed by atoms with van der Waals surface area (Å²) in [5, 5.41) is 7.53. The van der Waals surface area contributed by atoms with Gasteiger partial charge in [-0.25, -0.2) is 0 Å². The minimum absolute atomic E-state index is 0.0732. The normalized spacial score (nSPS) is 22.9. The lowest BCUT2D eigenvalue weighted by atomic mass is 9.77. The molecule has 3 nitrogen and oxygen atoms in total. The van der Waals surface area contributed by atoms with E-state index in [1.54, 1.807) is 0 Å². The predicted octanol–water partition coefficient (Wildman–Crippen LogP) is 6.15. The fourth-order valence-corrected chi connectivity index (χ4v) is 4.48. The summed E-state index contributed by atoms with van der Waals surface area (Å²) in [6.45, 7) is 4.11. The van der Waals surface area contributed by atoms with E-state index < -0.39 is 0 Å². The third kappa shape index (κ3) is 3.74. The highest BCUT2D eigenvalue weighted by Crippen LogP contribution is 2.50. The van der Waals surface area contributed by atoms with Gasteiger partial charge in [-0.3, -0.25) is 4.79 Å². The lowest BCUT2D eigenvalue weighted by molar-refractivity contribution is -0.116. The molecule has 1 aliphatic heterocycles. The molecule has 0 saturated heterocycles. The van der Waals surface area contributed by atoms with Crippen molar-refractivity contribution in [2.24, 2.45) is 11.8 Å². The number of rotatable bonds is 4. The number of amides is 1. The van der Waals surface area contributed by atoms with Crippen LogP contribution in [-0.4, -0.2) is 5.91 Å². The van der Waals surface area contributed by atoms with Crippen molar-refractivity contribution in [2.75, 3.05) is 10.6 Å². The van der Waals surface area contributed by atoms with Gasteiger partial charge in [0.15, 0.2) is 0 Å². The molecule has 4 heteroatoms. The van der Waals surface area contributed by atoms with Crippen LogP contribution in [-0.2, 0) is 4.79 Å². The van der Waals surface area contributed by atoms with E-state index >= 15 is 0 Å². The standard InChI is InChI=1S/C23H25ClN2O/c1-14(2)11-22(27)25-17-9-10-21-20(13-17)18-7-4-8-19(18)23(26-21)15-5-3-6-16(24)12-15/h3-7,9-10,12-14,18-19,23,26H,8,11H2,1-2H3,(H,25,27). The van der Waals surface area contributed by atoms with Gasteiger partial charge in [-0.15, -0.1) is 0 Å². The Bertz CT molecular complexity index is 890. The van der Waals surface area contributed by atoms with Crippen LogP contribution in [0.25, 0.3) is 0 Å². The first kappa shape index (κ1) is 18.1. The van der Waals surface area contributed by atoms with E-state index in [1.165, 1.54) is 11.1 Å². The number of carbonyl (C=O) groups excluding carboxylic acids is 1. The van der Waals surface area contributed by atoms with Gasteiger partial charge in [0, 0.05) is 28.7 Å². The topological polar surface area (TPSA) is 41.1 Å². The molecule has 2 N–H and O–H groups in total. The van der Waals surface area contributed by atoms with Crippen molar-refractivity contribution in [2.45, 2.75) is 38.6 Å². The maximum atomic E-state index is 12.1. The average Bonchev–Trinajstić information content (AvgIpc) is 3.10. The summed E-state index contributed by atoms with van der Waals surface area (Å²) in [5.41, 5.74) is 4.49. The fourth-order valence-electron chi connectivity index (χ4n) is 4.29. The van der Waals surface area contributed by atoms with Gasteiger partial charge in [0.2, 0.25) is 5.91 Å². The summed E-state index contributed by atoms with van der Waals surface area (Å²) >= 11 is 6.23. The molecule has 0 radical (unpaired) electrons. The van der Waals surface area contributed by atoms with Crippen LogP contribution in [0.4, 0.5) is 11.4 Å². The van der Waals surface area contributed by atoms with Crippen molar-refractivity contribution in [1.82, 2.24) is 0 Å². The highest BCUT2D eigenvalue weighted by atomic mass is 35.5. The second kappa shape index (κ2) is 7.40. The summed E-state index contributed by atoms with van der Waals surface area (Å²) in [5.74, 6) is 1.23. The molecule has 1 aliphatic carbocycles. The summed E-state index contributed by atoms with van der Waals surface area (Å²) in [6, 6.07) is 14.6. The second-order valence-electron chi connectivity index (χ2n) is 7.98. The molecule has 2 aromatic carbocycles. The molecule has 0 bridgehead atoms. The smallest absolute Gasteiger partial charge is 0.224 e. The molecule has 0 aromatic heterocycles. The van der Waals surface area contributed by atoms with E-state index in [1.807, 2.05) is 18.2 Å². The first-order valence-electron chi connectivity index (χ1n) is 9.63. The molecule has 2 aliphatic rings. The number of allylic oxidation sites excluding steroid dienone is 2. The third-order valence-electron chi connectivity index (χ3n) is 5.45. The lowest BCUT2D eigenvalue weighted by Crippen LogP contribution is -2.29. The minimum atomic E-state index is 0.0732. The van der Waals surface area contributed by atoms with E-state index in [0.29, 0.717) is 24.2 Å². The fraction of sp³-hybridized carbons (Fsp3) is 0.348. The van der Waals surface area contributed by atoms with Gasteiger partial charge >= 0.3 is 0 Å². The lowest BCUT2D eigenvalue weighted by Gasteiger charge is -2.37. The Kier molecular flexibility index (Phi) is 4.96. The number of hydrogen-bond acceptors (Lipinski definition) is 2. The molecule has 0 spiro atoms. The number of benzene rings is 2. The molecule has 2 aromatic rings. The molecular weight excluding hydrogens is 356 g/mol. The van der Waals surface area contributed by atoms with Crippen molar-refractivity contribution >= 4 is 28.9 Å². The number of halogens is 1. The van der Waals surface area contributed by atoms with Gasteiger partial charge in [0.25, 0.3) is 0 Å². The van der Waals surface area contributed by atoms with Crippen molar-refractivity contribution in [3.05, 3.63) is 70.8 Å². The number of fused-ring (bicyclic) bond motifs is 3. The molecule has 1 amide bonds. The van der Waals surface area contributed by atoms with Crippen molar-refractivity contribution in [3.8, 4) is 0 Å². The molecule has 3 unspecified atom stereocenters. The Hall–Kier alpha value is -2.26. The van der Waals surface area contributed by atoms with E-state index in [9.17, 15) is 4.79 Å². The summed E-state index contributed by atoms with van der Waals surface area (Å²) in [7, 11) is 0. The van der Waals surface area contributed by atoms with Crippen LogP contribution < -0.4 is 10.6 Å². The number of carbonyl (C=O) groups is 1. The van der Waals surface area contributed by atoms with Gasteiger partial charge < -0.3 is 10.6 Å². The van der Waals surface area contributed by atoms with Crippen LogP contribution in [0.2, 0.25) is 5.02 Å². The Morgan fingerprint density at radius 2 is 2.11 bits per heavy atom. The zero-order chi connectivity index (χ0) is 19.0. The Morgan fingerprint density at radius 3 is 2.89 bits per heavy atom. The highest BCUT2D eigenvalue weighted by Gasteiger charge is 2.38. The average molecular weight is 381 g/mol. The Labute approximate surface area is 165 Å². The molecule has 1 heterocycles. The molecule has 27 heavy (non-hydrogen) atoms. The molecule has 140 valence electrons. The second-order valence-corrected chi connectivity index (χ2v) is 8.42. The molecule has 3 atom stereocenters. The molecular formula is C23H25ClN2O. The van der Waals surface area contributed by atoms with Gasteiger partial charge in [0.1, 0.15) is 0 Å². The summed E-state index contributed by atoms with van der Waals surface area (Å²) < 4.78 is 0. The SMILES string of the molecule is CC(C)CC(=O)Nc1ccc2c(c1)C1C=CCC1C(c1cccc(Cl)c1)N2. The van der Waals surface area contributed by atoms with Crippen LogP contribution in [0, 0.1) is 11.8 Å². The maximum absolute atomic E-state index is 12.1. The van der Waals surface area contributed by atoms with Crippen molar-refractivity contribution in [3.63, 3.8) is 0 Å². The zero-order valence-corrected chi connectivity index (χ0v) is 16.5. The van der Waals surface area contributed by atoms with Gasteiger partial charge in [-0.2, -0.15) is 0 Å². The van der Waals surface area contributed by atoms with Crippen molar-refractivity contribution in [1.29, 1.82) is 0 Å². The minimum Gasteiger partial charge on any atom is -0.378 e. The van der Waals surface area contributed by atoms with Crippen LogP contribution in [0.3, 0.4) is 0 Å². The molecule has 0 saturated carbocycles. The van der Waals surface area contributed by atoms with Gasteiger partial charge in [0.05, 0.1) is 6.04 Å². The predicted molar refractivity (Wildman–Crippen MR) is 112 cm³/mol. The number of hydrogen-bond donors (Lipinski definition) is 2. The molecule has 0 fully saturated rings. The van der Waals surface area contributed by atoms with E-state index in [0.717, 1.165) is 22.8 Å². The largest absolute Gasteiger partial charge is 0.378 e. The van der Waals surface area contributed by atoms with Crippen LogP contribution in [0.15, 0.2) is 54.6 Å². The summed E-state index contributed by atoms with van der Waals surface area (Å²) in [4.78, 5) is 12.1. The van der Waals surface area contributed by atoms with Crippen LogP contribution >= 0.6 is 11.6 Å². The quantitative estimate of drug-likeness (QED) is 0.624. The first-order valence-corrected chi connectivity index (χ1v) is 10.0. The van der Waals surface area contributed by atoms with E-state index in [4.69, 9.17) is 11.6 Å². The number of anilines is 2. The van der Waals surface area contributed by atoms with Gasteiger partial charge in [-0.1, -0.05) is 49.7 Å². The Balaban J connectivity index is 1.63. The third-order valence-corrected chi connectivity index (χ3v) is 5.68. The van der Waals surface area contributed by atoms with E-state index in [-0.39, 0.29) is 11.9 Å². The Morgan fingerprint density at radius 1 is 1.26 bits per heavy atom. The first-order chi connectivity index (χ1) is 13.0.